The van der Waals surface area contributed by atoms with Crippen molar-refractivity contribution in [1.82, 2.24) is 4.72 Å². The fourth-order valence-electron chi connectivity index (χ4n) is 2.48. The highest BCUT2D eigenvalue weighted by Gasteiger charge is 2.26. The lowest BCUT2D eigenvalue weighted by Crippen LogP contribution is -2.42. The molecule has 0 saturated carbocycles. The number of benzene rings is 2. The van der Waals surface area contributed by atoms with Crippen LogP contribution in [-0.4, -0.2) is 14.2 Å². The number of aryl methyl sites for hydroxylation is 1. The molecule has 0 atom stereocenters. The van der Waals surface area contributed by atoms with E-state index in [0.717, 1.165) is 17.5 Å². The standard InChI is InChI=1S/C18H22FNO2S/c1-18(2,16-10-12-17(19)13-11-16)20-23(21,22)14-6-9-15-7-4-3-5-8-15/h3-5,7-8,10-13,20H,6,9,14H2,1-2H3. The van der Waals surface area contributed by atoms with Crippen molar-refractivity contribution in [2.75, 3.05) is 5.75 Å². The minimum atomic E-state index is -3.41. The van der Waals surface area contributed by atoms with Crippen LogP contribution in [0, 0.1) is 5.82 Å². The van der Waals surface area contributed by atoms with Crippen molar-refractivity contribution in [2.45, 2.75) is 32.2 Å². The highest BCUT2D eigenvalue weighted by Crippen LogP contribution is 2.21. The van der Waals surface area contributed by atoms with Crippen molar-refractivity contribution in [3.8, 4) is 0 Å². The average molecular weight is 335 g/mol. The molecule has 1 N–H and O–H groups in total. The molecule has 23 heavy (non-hydrogen) atoms. The van der Waals surface area contributed by atoms with Crippen LogP contribution in [0.1, 0.15) is 31.4 Å². The first kappa shape index (κ1) is 17.6. The predicted octanol–water partition coefficient (Wildman–Crippen LogP) is 3.61. The number of hydrogen-bond acceptors (Lipinski definition) is 2. The lowest BCUT2D eigenvalue weighted by molar-refractivity contribution is 0.470. The smallest absolute Gasteiger partial charge is 0.212 e. The topological polar surface area (TPSA) is 46.2 Å². The fraction of sp³-hybridized carbons (Fsp3) is 0.333. The fourth-order valence-corrected chi connectivity index (χ4v) is 4.00. The summed E-state index contributed by atoms with van der Waals surface area (Å²) < 4.78 is 40.3. The number of nitrogens with one attached hydrogen (secondary N) is 1. The maximum Gasteiger partial charge on any atom is 0.212 e. The van der Waals surface area contributed by atoms with Gasteiger partial charge in [0.05, 0.1) is 11.3 Å². The largest absolute Gasteiger partial charge is 0.212 e. The lowest BCUT2D eigenvalue weighted by Gasteiger charge is -2.26. The minimum Gasteiger partial charge on any atom is -0.212 e. The Morgan fingerprint density at radius 3 is 2.22 bits per heavy atom. The summed E-state index contributed by atoms with van der Waals surface area (Å²) in [6.45, 7) is 3.55. The Balaban J connectivity index is 1.95. The van der Waals surface area contributed by atoms with Crippen molar-refractivity contribution in [3.05, 3.63) is 71.5 Å². The van der Waals surface area contributed by atoms with Gasteiger partial charge < -0.3 is 0 Å². The van der Waals surface area contributed by atoms with E-state index in [1.54, 1.807) is 26.0 Å². The summed E-state index contributed by atoms with van der Waals surface area (Å²) in [4.78, 5) is 0. The second-order valence-corrected chi connectivity index (χ2v) is 7.98. The Morgan fingerprint density at radius 2 is 1.61 bits per heavy atom. The molecule has 0 aromatic heterocycles. The number of halogens is 1. The third-order valence-electron chi connectivity index (χ3n) is 3.70. The third-order valence-corrected chi connectivity index (χ3v) is 5.35. The SMILES string of the molecule is CC(C)(NS(=O)(=O)CCCc1ccccc1)c1ccc(F)cc1. The van der Waals surface area contributed by atoms with Gasteiger partial charge >= 0.3 is 0 Å². The van der Waals surface area contributed by atoms with Crippen molar-refractivity contribution in [3.63, 3.8) is 0 Å². The Kier molecular flexibility index (Phi) is 5.55. The lowest BCUT2D eigenvalue weighted by atomic mass is 9.96. The second kappa shape index (κ2) is 7.23. The molecule has 0 aliphatic rings. The van der Waals surface area contributed by atoms with Crippen molar-refractivity contribution >= 4 is 10.0 Å². The van der Waals surface area contributed by atoms with E-state index < -0.39 is 15.6 Å². The Morgan fingerprint density at radius 1 is 1.00 bits per heavy atom. The zero-order chi connectivity index (χ0) is 16.9. The molecule has 2 aromatic rings. The first-order chi connectivity index (χ1) is 10.8. The van der Waals surface area contributed by atoms with Crippen molar-refractivity contribution < 1.29 is 12.8 Å². The molecular weight excluding hydrogens is 313 g/mol. The monoisotopic (exact) mass is 335 g/mol. The molecule has 2 rings (SSSR count). The normalized spacial score (nSPS) is 12.3. The van der Waals surface area contributed by atoms with Gasteiger partial charge in [-0.05, 0) is 49.9 Å². The summed E-state index contributed by atoms with van der Waals surface area (Å²) in [6.07, 6.45) is 1.28. The van der Waals surface area contributed by atoms with Crippen LogP contribution >= 0.6 is 0 Å². The maximum absolute atomic E-state index is 13.0. The van der Waals surface area contributed by atoms with Gasteiger partial charge in [-0.25, -0.2) is 17.5 Å². The number of hydrogen-bond donors (Lipinski definition) is 1. The van der Waals surface area contributed by atoms with Gasteiger partial charge in [0.15, 0.2) is 0 Å². The van der Waals surface area contributed by atoms with Gasteiger partial charge in [-0.3, -0.25) is 0 Å². The van der Waals surface area contributed by atoms with Crippen LogP contribution in [0.15, 0.2) is 54.6 Å². The van der Waals surface area contributed by atoms with E-state index in [1.807, 2.05) is 30.3 Å². The second-order valence-electron chi connectivity index (χ2n) is 6.14. The molecule has 0 aliphatic heterocycles. The first-order valence-electron chi connectivity index (χ1n) is 7.60. The predicted molar refractivity (Wildman–Crippen MR) is 91.1 cm³/mol. The summed E-state index contributed by atoms with van der Waals surface area (Å²) in [6, 6.07) is 15.7. The molecule has 124 valence electrons. The summed E-state index contributed by atoms with van der Waals surface area (Å²) in [5.74, 6) is -0.276. The van der Waals surface area contributed by atoms with Crippen LogP contribution in [0.4, 0.5) is 4.39 Å². The van der Waals surface area contributed by atoms with E-state index in [-0.39, 0.29) is 11.6 Å². The number of rotatable bonds is 7. The van der Waals surface area contributed by atoms with Gasteiger partial charge in [0, 0.05) is 0 Å². The molecule has 5 heteroatoms. The van der Waals surface area contributed by atoms with Crippen LogP contribution in [0.2, 0.25) is 0 Å². The molecule has 0 unspecified atom stereocenters. The summed E-state index contributed by atoms with van der Waals surface area (Å²) in [5, 5.41) is 0. The first-order valence-corrected chi connectivity index (χ1v) is 9.25. The van der Waals surface area contributed by atoms with E-state index in [0.29, 0.717) is 6.42 Å². The van der Waals surface area contributed by atoms with Gasteiger partial charge in [-0.1, -0.05) is 42.5 Å². The van der Waals surface area contributed by atoms with Gasteiger partial charge in [0.25, 0.3) is 0 Å². The highest BCUT2D eigenvalue weighted by molar-refractivity contribution is 7.89. The van der Waals surface area contributed by atoms with E-state index in [2.05, 4.69) is 4.72 Å². The van der Waals surface area contributed by atoms with E-state index >= 15 is 0 Å². The van der Waals surface area contributed by atoms with Crippen LogP contribution in [0.25, 0.3) is 0 Å². The third kappa shape index (κ3) is 5.44. The van der Waals surface area contributed by atoms with Crippen molar-refractivity contribution in [2.24, 2.45) is 0 Å². The Labute approximate surface area is 137 Å². The molecule has 0 aliphatic carbocycles. The minimum absolute atomic E-state index is 0.0620. The van der Waals surface area contributed by atoms with Gasteiger partial charge in [0.1, 0.15) is 5.82 Å². The van der Waals surface area contributed by atoms with Crippen LogP contribution in [-0.2, 0) is 22.0 Å². The van der Waals surface area contributed by atoms with Gasteiger partial charge in [-0.2, -0.15) is 0 Å². The zero-order valence-electron chi connectivity index (χ0n) is 13.4. The van der Waals surface area contributed by atoms with Crippen LogP contribution < -0.4 is 4.72 Å². The quantitative estimate of drug-likeness (QED) is 0.840. The Hall–Kier alpha value is -1.72. The average Bonchev–Trinajstić information content (AvgIpc) is 2.47. The van der Waals surface area contributed by atoms with E-state index in [9.17, 15) is 12.8 Å². The molecule has 0 heterocycles. The van der Waals surface area contributed by atoms with Crippen molar-refractivity contribution in [1.29, 1.82) is 0 Å². The summed E-state index contributed by atoms with van der Waals surface area (Å²) in [7, 11) is -3.41. The van der Waals surface area contributed by atoms with Gasteiger partial charge in [0.2, 0.25) is 10.0 Å². The summed E-state index contributed by atoms with van der Waals surface area (Å²) >= 11 is 0. The van der Waals surface area contributed by atoms with Gasteiger partial charge in [-0.15, -0.1) is 0 Å². The molecule has 2 aromatic carbocycles. The highest BCUT2D eigenvalue weighted by atomic mass is 32.2. The van der Waals surface area contributed by atoms with Crippen LogP contribution in [0.3, 0.4) is 0 Å². The summed E-state index contributed by atoms with van der Waals surface area (Å²) in [5.41, 5.74) is 1.07. The van der Waals surface area contributed by atoms with Crippen LogP contribution in [0.5, 0.6) is 0 Å². The number of sulfonamides is 1. The Bertz CT molecular complexity index is 725. The zero-order valence-corrected chi connectivity index (χ0v) is 14.2. The molecule has 0 radical (unpaired) electrons. The maximum atomic E-state index is 13.0. The van der Waals surface area contributed by atoms with E-state index in [1.165, 1.54) is 12.1 Å². The molecule has 3 nitrogen and oxygen atoms in total. The molecule has 0 amide bonds. The molecule has 0 spiro atoms. The molecule has 0 bridgehead atoms. The molecule has 0 saturated heterocycles. The van der Waals surface area contributed by atoms with E-state index in [4.69, 9.17) is 0 Å². The molecule has 0 fully saturated rings. The molecular formula is C18H22FNO2S.